The van der Waals surface area contributed by atoms with E-state index in [-0.39, 0.29) is 0 Å². The monoisotopic (exact) mass is 233 g/mol. The highest BCUT2D eigenvalue weighted by molar-refractivity contribution is 4.44. The molecule has 0 aliphatic carbocycles. The number of rotatable bonds is 13. The van der Waals surface area contributed by atoms with E-state index in [1.807, 2.05) is 0 Å². The average molecular weight is 233 g/mol. The van der Waals surface area contributed by atoms with Crippen molar-refractivity contribution in [3.63, 3.8) is 0 Å². The summed E-state index contributed by atoms with van der Waals surface area (Å²) in [6.07, 6.45) is 3.30. The van der Waals surface area contributed by atoms with Crippen molar-refractivity contribution in [3.8, 4) is 0 Å². The van der Waals surface area contributed by atoms with Crippen LogP contribution in [-0.4, -0.2) is 53.2 Å². The van der Waals surface area contributed by atoms with Crippen molar-refractivity contribution in [2.75, 3.05) is 53.2 Å². The Morgan fingerprint density at radius 2 is 1.50 bits per heavy atom. The third-order valence-electron chi connectivity index (χ3n) is 2.15. The van der Waals surface area contributed by atoms with Gasteiger partial charge in [0.05, 0.1) is 13.2 Å². The fraction of sp³-hybridized carbons (Fsp3) is 1.00. The summed E-state index contributed by atoms with van der Waals surface area (Å²) in [4.78, 5) is 0. The maximum atomic E-state index is 5.48. The molecule has 0 aromatic rings. The minimum absolute atomic E-state index is 0.672. The third kappa shape index (κ3) is 13.8. The molecule has 0 aromatic heterocycles. The van der Waals surface area contributed by atoms with Crippen LogP contribution in [0.5, 0.6) is 0 Å². The molecule has 0 aliphatic heterocycles. The van der Waals surface area contributed by atoms with Crippen molar-refractivity contribution >= 4 is 0 Å². The second kappa shape index (κ2) is 14.8. The predicted molar refractivity (Wildman–Crippen MR) is 65.9 cm³/mol. The normalized spacial score (nSPS) is 10.9. The largest absolute Gasteiger partial charge is 0.382 e. The van der Waals surface area contributed by atoms with Gasteiger partial charge in [0.2, 0.25) is 0 Å². The van der Waals surface area contributed by atoms with E-state index in [0.717, 1.165) is 45.8 Å². The molecule has 0 saturated carbocycles. The molecule has 0 saturated heterocycles. The van der Waals surface area contributed by atoms with Crippen LogP contribution in [0.25, 0.3) is 0 Å². The van der Waals surface area contributed by atoms with Crippen molar-refractivity contribution in [1.29, 1.82) is 0 Å². The fourth-order valence-corrected chi connectivity index (χ4v) is 1.24. The number of methoxy groups -OCH3 is 1. The molecule has 16 heavy (non-hydrogen) atoms. The van der Waals surface area contributed by atoms with Gasteiger partial charge in [0, 0.05) is 26.9 Å². The van der Waals surface area contributed by atoms with Gasteiger partial charge in [-0.15, -0.1) is 0 Å². The molecule has 0 fully saturated rings. The van der Waals surface area contributed by atoms with Gasteiger partial charge >= 0.3 is 0 Å². The Bertz CT molecular complexity index is 109. The maximum Gasteiger partial charge on any atom is 0.0700 e. The maximum absolute atomic E-state index is 5.48. The molecule has 0 atom stereocenters. The summed E-state index contributed by atoms with van der Waals surface area (Å²) in [6, 6.07) is 0. The summed E-state index contributed by atoms with van der Waals surface area (Å²) in [6.45, 7) is 8.06. The number of ether oxygens (including phenoxy) is 3. The van der Waals surface area contributed by atoms with E-state index in [0.29, 0.717) is 13.2 Å². The first kappa shape index (κ1) is 15.8. The Kier molecular flexibility index (Phi) is 14.7. The Balaban J connectivity index is 2.83. The molecule has 0 aromatic carbocycles. The molecule has 0 unspecified atom stereocenters. The summed E-state index contributed by atoms with van der Waals surface area (Å²) in [7, 11) is 1.68. The highest BCUT2D eigenvalue weighted by Gasteiger charge is 1.91. The highest BCUT2D eigenvalue weighted by atomic mass is 16.5. The Hall–Kier alpha value is -0.160. The molecular formula is C12H27NO3. The standard InChI is InChI=1S/C12H27NO3/c1-3-13-7-4-5-8-15-9-6-10-16-12-11-14-2/h13H,3-12H2,1-2H3. The van der Waals surface area contributed by atoms with Crippen LogP contribution in [0.1, 0.15) is 26.2 Å². The fourth-order valence-electron chi connectivity index (χ4n) is 1.24. The average Bonchev–Trinajstić information content (AvgIpc) is 2.31. The lowest BCUT2D eigenvalue weighted by molar-refractivity contribution is 0.0509. The van der Waals surface area contributed by atoms with Crippen LogP contribution < -0.4 is 5.32 Å². The van der Waals surface area contributed by atoms with Gasteiger partial charge in [-0.3, -0.25) is 0 Å². The highest BCUT2D eigenvalue weighted by Crippen LogP contribution is 1.91. The van der Waals surface area contributed by atoms with Gasteiger partial charge in [-0.2, -0.15) is 0 Å². The number of unbranched alkanes of at least 4 members (excludes halogenated alkanes) is 1. The summed E-state index contributed by atoms with van der Waals surface area (Å²) >= 11 is 0. The van der Waals surface area contributed by atoms with E-state index in [1.54, 1.807) is 7.11 Å². The van der Waals surface area contributed by atoms with Crippen LogP contribution in [0.3, 0.4) is 0 Å². The number of hydrogen-bond acceptors (Lipinski definition) is 4. The van der Waals surface area contributed by atoms with Crippen molar-refractivity contribution in [2.45, 2.75) is 26.2 Å². The second-order valence-corrected chi connectivity index (χ2v) is 3.63. The molecule has 0 bridgehead atoms. The van der Waals surface area contributed by atoms with E-state index in [2.05, 4.69) is 12.2 Å². The smallest absolute Gasteiger partial charge is 0.0700 e. The molecule has 0 amide bonds. The molecule has 0 rings (SSSR count). The van der Waals surface area contributed by atoms with E-state index in [1.165, 1.54) is 6.42 Å². The Labute approximate surface area is 99.6 Å². The van der Waals surface area contributed by atoms with Gasteiger partial charge in [-0.05, 0) is 32.4 Å². The zero-order valence-corrected chi connectivity index (χ0v) is 10.8. The second-order valence-electron chi connectivity index (χ2n) is 3.63. The molecule has 98 valence electrons. The summed E-state index contributed by atoms with van der Waals surface area (Å²) < 4.78 is 15.7. The molecule has 4 nitrogen and oxygen atoms in total. The van der Waals surface area contributed by atoms with Crippen molar-refractivity contribution in [3.05, 3.63) is 0 Å². The van der Waals surface area contributed by atoms with Gasteiger partial charge in [0.15, 0.2) is 0 Å². The van der Waals surface area contributed by atoms with E-state index in [4.69, 9.17) is 14.2 Å². The van der Waals surface area contributed by atoms with Gasteiger partial charge in [-0.1, -0.05) is 6.92 Å². The van der Waals surface area contributed by atoms with Gasteiger partial charge in [0.1, 0.15) is 0 Å². The van der Waals surface area contributed by atoms with E-state index < -0.39 is 0 Å². The molecule has 0 radical (unpaired) electrons. The SMILES string of the molecule is CCNCCCCOCCCOCCOC. The minimum atomic E-state index is 0.672. The first-order valence-corrected chi connectivity index (χ1v) is 6.27. The first-order valence-electron chi connectivity index (χ1n) is 6.27. The molecule has 0 spiro atoms. The summed E-state index contributed by atoms with van der Waals surface area (Å²) in [5.74, 6) is 0. The van der Waals surface area contributed by atoms with Crippen LogP contribution in [0.2, 0.25) is 0 Å². The number of nitrogens with one attached hydrogen (secondary N) is 1. The molecule has 1 N–H and O–H groups in total. The van der Waals surface area contributed by atoms with Gasteiger partial charge in [0.25, 0.3) is 0 Å². The predicted octanol–water partition coefficient (Wildman–Crippen LogP) is 1.45. The lowest BCUT2D eigenvalue weighted by Gasteiger charge is -2.05. The van der Waals surface area contributed by atoms with Crippen LogP contribution in [0, 0.1) is 0 Å². The van der Waals surface area contributed by atoms with Crippen molar-refractivity contribution < 1.29 is 14.2 Å². The van der Waals surface area contributed by atoms with Crippen LogP contribution in [-0.2, 0) is 14.2 Å². The van der Waals surface area contributed by atoms with Crippen molar-refractivity contribution in [1.82, 2.24) is 5.32 Å². The van der Waals surface area contributed by atoms with Gasteiger partial charge < -0.3 is 19.5 Å². The van der Waals surface area contributed by atoms with Crippen molar-refractivity contribution in [2.24, 2.45) is 0 Å². The topological polar surface area (TPSA) is 39.7 Å². The lowest BCUT2D eigenvalue weighted by atomic mass is 10.3. The molecular weight excluding hydrogens is 206 g/mol. The summed E-state index contributed by atoms with van der Waals surface area (Å²) in [5, 5.41) is 3.29. The first-order chi connectivity index (χ1) is 7.91. The zero-order chi connectivity index (χ0) is 11.9. The molecule has 4 heteroatoms. The van der Waals surface area contributed by atoms with E-state index >= 15 is 0 Å². The Morgan fingerprint density at radius 3 is 2.19 bits per heavy atom. The number of hydrogen-bond donors (Lipinski definition) is 1. The summed E-state index contributed by atoms with van der Waals surface area (Å²) in [5.41, 5.74) is 0. The molecule has 0 heterocycles. The van der Waals surface area contributed by atoms with Crippen LogP contribution in [0.15, 0.2) is 0 Å². The lowest BCUT2D eigenvalue weighted by Crippen LogP contribution is -2.14. The Morgan fingerprint density at radius 1 is 0.812 bits per heavy atom. The van der Waals surface area contributed by atoms with E-state index in [9.17, 15) is 0 Å². The van der Waals surface area contributed by atoms with Crippen LogP contribution >= 0.6 is 0 Å². The quantitative estimate of drug-likeness (QED) is 0.489. The zero-order valence-electron chi connectivity index (χ0n) is 10.8. The van der Waals surface area contributed by atoms with Gasteiger partial charge in [-0.25, -0.2) is 0 Å². The van der Waals surface area contributed by atoms with Crippen LogP contribution in [0.4, 0.5) is 0 Å². The third-order valence-corrected chi connectivity index (χ3v) is 2.15. The molecule has 0 aliphatic rings. The minimum Gasteiger partial charge on any atom is -0.382 e.